The molecule has 20 heavy (non-hydrogen) atoms. The van der Waals surface area contributed by atoms with Crippen LogP contribution < -0.4 is 10.1 Å². The van der Waals surface area contributed by atoms with Crippen LogP contribution in [0.5, 0.6) is 5.75 Å². The first-order chi connectivity index (χ1) is 9.39. The lowest BCUT2D eigenvalue weighted by Gasteiger charge is -2.12. The molecule has 0 radical (unpaired) electrons. The maximum absolute atomic E-state index is 12.0. The van der Waals surface area contributed by atoms with Crippen molar-refractivity contribution in [2.75, 3.05) is 18.6 Å². The Morgan fingerprint density at radius 1 is 1.50 bits per heavy atom. The second kappa shape index (κ2) is 6.01. The van der Waals surface area contributed by atoms with E-state index in [0.717, 1.165) is 0 Å². The highest BCUT2D eigenvalue weighted by Crippen LogP contribution is 2.23. The van der Waals surface area contributed by atoms with E-state index in [0.29, 0.717) is 22.8 Å². The molecular formula is C13H16ClNO4S. The number of nitrogens with one attached hydrogen (secondary N) is 1. The lowest BCUT2D eigenvalue weighted by molar-refractivity contribution is -0.121. The van der Waals surface area contributed by atoms with Gasteiger partial charge in [0, 0.05) is 16.6 Å². The molecule has 5 nitrogen and oxygen atoms in total. The number of halogens is 1. The molecule has 0 unspecified atom stereocenters. The molecule has 0 bridgehead atoms. The molecule has 0 aliphatic carbocycles. The van der Waals surface area contributed by atoms with Gasteiger partial charge in [0.25, 0.3) is 0 Å². The average Bonchev–Trinajstić information content (AvgIpc) is 2.68. The molecule has 1 amide bonds. The summed E-state index contributed by atoms with van der Waals surface area (Å²) in [6, 6.07) is 4.76. The first-order valence-electron chi connectivity index (χ1n) is 6.22. The zero-order valence-corrected chi connectivity index (χ0v) is 12.6. The Labute approximate surface area is 123 Å². The van der Waals surface area contributed by atoms with Crippen molar-refractivity contribution < 1.29 is 17.9 Å². The van der Waals surface area contributed by atoms with Crippen LogP contribution in [0, 0.1) is 0 Å². The van der Waals surface area contributed by atoms with Gasteiger partial charge in [-0.05, 0) is 24.6 Å². The van der Waals surface area contributed by atoms with Gasteiger partial charge in [-0.25, -0.2) is 8.42 Å². The minimum atomic E-state index is -2.99. The molecular weight excluding hydrogens is 302 g/mol. The Balaban J connectivity index is 2.00. The van der Waals surface area contributed by atoms with Gasteiger partial charge in [0.1, 0.15) is 5.75 Å². The van der Waals surface area contributed by atoms with Gasteiger partial charge >= 0.3 is 0 Å². The van der Waals surface area contributed by atoms with Gasteiger partial charge in [-0.2, -0.15) is 0 Å². The van der Waals surface area contributed by atoms with Crippen LogP contribution in [0.1, 0.15) is 12.0 Å². The van der Waals surface area contributed by atoms with Gasteiger partial charge in [0.15, 0.2) is 9.84 Å². The van der Waals surface area contributed by atoms with E-state index in [9.17, 15) is 13.2 Å². The molecule has 0 spiro atoms. The van der Waals surface area contributed by atoms with Gasteiger partial charge in [0.2, 0.25) is 5.91 Å². The predicted octanol–water partition coefficient (Wildman–Crippen LogP) is 1.19. The Hall–Kier alpha value is -1.27. The Kier molecular flexibility index (Phi) is 4.55. The minimum Gasteiger partial charge on any atom is -0.496 e. The SMILES string of the molecule is COc1ccc(Cl)cc1CC(=O)N[C@H]1CCS(=O)(=O)C1. The van der Waals surface area contributed by atoms with Crippen molar-refractivity contribution in [3.8, 4) is 5.75 Å². The monoisotopic (exact) mass is 317 g/mol. The molecule has 1 aromatic rings. The van der Waals surface area contributed by atoms with Crippen LogP contribution in [-0.2, 0) is 21.1 Å². The summed E-state index contributed by atoms with van der Waals surface area (Å²) >= 11 is 5.90. The molecule has 1 saturated heterocycles. The molecule has 1 heterocycles. The molecule has 1 aliphatic heterocycles. The Morgan fingerprint density at radius 3 is 2.85 bits per heavy atom. The zero-order chi connectivity index (χ0) is 14.8. The number of hydrogen-bond acceptors (Lipinski definition) is 4. The summed E-state index contributed by atoms with van der Waals surface area (Å²) in [6.45, 7) is 0. The van der Waals surface area contributed by atoms with Crippen molar-refractivity contribution in [2.45, 2.75) is 18.9 Å². The highest BCUT2D eigenvalue weighted by Gasteiger charge is 2.28. The summed E-state index contributed by atoms with van der Waals surface area (Å²) < 4.78 is 27.8. The van der Waals surface area contributed by atoms with E-state index < -0.39 is 9.84 Å². The molecule has 0 aromatic heterocycles. The van der Waals surface area contributed by atoms with Crippen LogP contribution in [0.15, 0.2) is 18.2 Å². The second-order valence-electron chi connectivity index (χ2n) is 4.80. The van der Waals surface area contributed by atoms with E-state index in [2.05, 4.69) is 5.32 Å². The number of amides is 1. The highest BCUT2D eigenvalue weighted by molar-refractivity contribution is 7.91. The largest absolute Gasteiger partial charge is 0.496 e. The average molecular weight is 318 g/mol. The van der Waals surface area contributed by atoms with Gasteiger partial charge in [-0.3, -0.25) is 4.79 Å². The van der Waals surface area contributed by atoms with Crippen LogP contribution in [-0.4, -0.2) is 39.0 Å². The first kappa shape index (κ1) is 15.1. The van der Waals surface area contributed by atoms with Crippen molar-refractivity contribution in [3.05, 3.63) is 28.8 Å². The first-order valence-corrected chi connectivity index (χ1v) is 8.42. The molecule has 7 heteroatoms. The maximum Gasteiger partial charge on any atom is 0.224 e. The fraction of sp³-hybridized carbons (Fsp3) is 0.462. The Bertz CT molecular complexity index is 615. The second-order valence-corrected chi connectivity index (χ2v) is 7.47. The summed E-state index contributed by atoms with van der Waals surface area (Å²) in [5.41, 5.74) is 0.679. The summed E-state index contributed by atoms with van der Waals surface area (Å²) in [5.74, 6) is 0.514. The molecule has 110 valence electrons. The molecule has 1 fully saturated rings. The number of sulfone groups is 1. The maximum atomic E-state index is 12.0. The minimum absolute atomic E-state index is 0.0193. The van der Waals surface area contributed by atoms with Gasteiger partial charge < -0.3 is 10.1 Å². The standard InChI is InChI=1S/C13H16ClNO4S/c1-19-12-3-2-10(14)6-9(12)7-13(16)15-11-4-5-20(17,18)8-11/h2-3,6,11H,4-5,7-8H2,1H3,(H,15,16)/t11-/m0/s1. The number of benzene rings is 1. The third-order valence-corrected chi connectivity index (χ3v) is 5.19. The lowest BCUT2D eigenvalue weighted by Crippen LogP contribution is -2.36. The van der Waals surface area contributed by atoms with E-state index in [1.165, 1.54) is 7.11 Å². The van der Waals surface area contributed by atoms with E-state index in [4.69, 9.17) is 16.3 Å². The van der Waals surface area contributed by atoms with Crippen LogP contribution in [0.4, 0.5) is 0 Å². The molecule has 1 aliphatic rings. The fourth-order valence-corrected chi connectivity index (χ4v) is 4.11. The van der Waals surface area contributed by atoms with Crippen molar-refractivity contribution in [2.24, 2.45) is 0 Å². The van der Waals surface area contributed by atoms with Gasteiger partial charge in [0.05, 0.1) is 25.0 Å². The summed E-state index contributed by atoms with van der Waals surface area (Å²) in [6.07, 6.45) is 0.584. The number of carbonyl (C=O) groups excluding carboxylic acids is 1. The molecule has 1 atom stereocenters. The van der Waals surface area contributed by atoms with Gasteiger partial charge in [-0.15, -0.1) is 0 Å². The van der Waals surface area contributed by atoms with Gasteiger partial charge in [-0.1, -0.05) is 11.6 Å². The smallest absolute Gasteiger partial charge is 0.224 e. The number of carbonyl (C=O) groups is 1. The molecule has 1 N–H and O–H groups in total. The molecule has 0 saturated carbocycles. The zero-order valence-electron chi connectivity index (χ0n) is 11.1. The number of ether oxygens (including phenoxy) is 1. The normalized spacial score (nSPS) is 20.6. The van der Waals surface area contributed by atoms with Crippen LogP contribution >= 0.6 is 11.6 Å². The summed E-state index contributed by atoms with van der Waals surface area (Å²) in [7, 11) is -1.47. The van der Waals surface area contributed by atoms with E-state index in [1.54, 1.807) is 18.2 Å². The summed E-state index contributed by atoms with van der Waals surface area (Å²) in [4.78, 5) is 12.0. The fourth-order valence-electron chi connectivity index (χ4n) is 2.25. The van der Waals surface area contributed by atoms with E-state index in [1.807, 2.05) is 0 Å². The van der Waals surface area contributed by atoms with Crippen LogP contribution in [0.3, 0.4) is 0 Å². The van der Waals surface area contributed by atoms with Crippen molar-refractivity contribution >= 4 is 27.3 Å². The van der Waals surface area contributed by atoms with Crippen LogP contribution in [0.2, 0.25) is 5.02 Å². The Morgan fingerprint density at radius 2 is 2.25 bits per heavy atom. The third kappa shape index (κ3) is 3.86. The van der Waals surface area contributed by atoms with Crippen molar-refractivity contribution in [1.29, 1.82) is 0 Å². The van der Waals surface area contributed by atoms with Crippen molar-refractivity contribution in [3.63, 3.8) is 0 Å². The number of rotatable bonds is 4. The quantitative estimate of drug-likeness (QED) is 0.905. The van der Waals surface area contributed by atoms with Crippen LogP contribution in [0.25, 0.3) is 0 Å². The van der Waals surface area contributed by atoms with E-state index in [-0.39, 0.29) is 29.9 Å². The number of methoxy groups -OCH3 is 1. The third-order valence-electron chi connectivity index (χ3n) is 3.19. The lowest BCUT2D eigenvalue weighted by atomic mass is 10.1. The van der Waals surface area contributed by atoms with E-state index >= 15 is 0 Å². The highest BCUT2D eigenvalue weighted by atomic mass is 35.5. The van der Waals surface area contributed by atoms with Crippen molar-refractivity contribution in [1.82, 2.24) is 5.32 Å². The summed E-state index contributed by atoms with van der Waals surface area (Å²) in [5, 5.41) is 3.26. The number of hydrogen-bond donors (Lipinski definition) is 1. The molecule has 1 aromatic carbocycles. The topological polar surface area (TPSA) is 72.5 Å². The predicted molar refractivity (Wildman–Crippen MR) is 76.9 cm³/mol. The molecule has 2 rings (SSSR count).